The zero-order valence-electron chi connectivity index (χ0n) is 5.48. The van der Waals surface area contributed by atoms with E-state index in [4.69, 9.17) is 15.8 Å². The Labute approximate surface area is 71.6 Å². The molecule has 0 bridgehead atoms. The maximum absolute atomic E-state index is 10.6. The van der Waals surface area contributed by atoms with Crippen LogP contribution in [0.25, 0.3) is 0 Å². The van der Waals surface area contributed by atoms with Gasteiger partial charge in [0.15, 0.2) is 10.7 Å². The van der Waals surface area contributed by atoms with E-state index >= 15 is 0 Å². The minimum absolute atomic E-state index is 0.394. The first-order valence-corrected chi connectivity index (χ1v) is 4.95. The number of carboxylic acid groups (broad SMARTS) is 1. The molecule has 66 valence electrons. The largest absolute Gasteiger partial charge is 0.476 e. The minimum atomic E-state index is -3.92. The second-order valence-electron chi connectivity index (χ2n) is 1.86. The molecular weight excluding hydrogens is 208 g/mol. The molecule has 0 spiro atoms. The molecule has 0 aromatic carbocycles. The summed E-state index contributed by atoms with van der Waals surface area (Å²) in [6, 6.07) is 0.838. The van der Waals surface area contributed by atoms with E-state index in [-0.39, 0.29) is 0 Å². The van der Waals surface area contributed by atoms with Gasteiger partial charge in [0.05, 0.1) is 0 Å². The molecule has 8 heteroatoms. The minimum Gasteiger partial charge on any atom is -0.476 e. The van der Waals surface area contributed by atoms with Gasteiger partial charge in [-0.15, -0.1) is 0 Å². The smallest absolute Gasteiger partial charge is 0.356 e. The molecule has 0 atom stereocenters. The van der Waals surface area contributed by atoms with Crippen molar-refractivity contribution >= 4 is 25.7 Å². The summed E-state index contributed by atoms with van der Waals surface area (Å²) in [5, 5.41) is 13.1. The highest BCUT2D eigenvalue weighted by Crippen LogP contribution is 2.12. The lowest BCUT2D eigenvalue weighted by molar-refractivity contribution is 0.0690. The third-order valence-electron chi connectivity index (χ3n) is 1.04. The lowest BCUT2D eigenvalue weighted by Gasteiger charge is -1.83. The van der Waals surface area contributed by atoms with E-state index in [1.165, 1.54) is 0 Å². The summed E-state index contributed by atoms with van der Waals surface area (Å²) >= 11 is 0. The molecule has 1 rings (SSSR count). The molecule has 1 heterocycles. The highest BCUT2D eigenvalue weighted by Gasteiger charge is 2.16. The van der Waals surface area contributed by atoms with Gasteiger partial charge < -0.3 is 5.11 Å². The van der Waals surface area contributed by atoms with Crippen molar-refractivity contribution in [1.29, 1.82) is 0 Å². The van der Waals surface area contributed by atoms with Gasteiger partial charge >= 0.3 is 5.97 Å². The monoisotopic (exact) mass is 210 g/mol. The van der Waals surface area contributed by atoms with Gasteiger partial charge in [-0.05, 0) is 0 Å². The van der Waals surface area contributed by atoms with E-state index in [1.54, 1.807) is 0 Å². The highest BCUT2D eigenvalue weighted by molar-refractivity contribution is 8.13. The Kier molecular flexibility index (Phi) is 2.07. The van der Waals surface area contributed by atoms with Gasteiger partial charge in [0.25, 0.3) is 9.05 Å². The van der Waals surface area contributed by atoms with Gasteiger partial charge in [-0.1, -0.05) is 0 Å². The Morgan fingerprint density at radius 3 is 2.50 bits per heavy atom. The molecule has 1 aromatic rings. The van der Waals surface area contributed by atoms with E-state index in [0.29, 0.717) is 0 Å². The van der Waals surface area contributed by atoms with Gasteiger partial charge in [0, 0.05) is 16.7 Å². The van der Waals surface area contributed by atoms with Gasteiger partial charge in [0.1, 0.15) is 0 Å². The Hall–Kier alpha value is -1.08. The number of carboxylic acids is 1. The predicted molar refractivity (Wildman–Crippen MR) is 38.6 cm³/mol. The average Bonchev–Trinajstić information content (AvgIpc) is 2.30. The molecule has 1 aromatic heterocycles. The lowest BCUT2D eigenvalue weighted by Crippen LogP contribution is -1.95. The van der Waals surface area contributed by atoms with E-state index in [0.717, 1.165) is 6.07 Å². The van der Waals surface area contributed by atoms with Crippen molar-refractivity contribution in [2.24, 2.45) is 0 Å². The van der Waals surface area contributed by atoms with E-state index in [1.807, 2.05) is 5.10 Å². The number of rotatable bonds is 2. The van der Waals surface area contributed by atoms with E-state index in [2.05, 4.69) is 5.10 Å². The first-order valence-electron chi connectivity index (χ1n) is 2.64. The molecule has 0 unspecified atom stereocenters. The highest BCUT2D eigenvalue weighted by atomic mass is 35.7. The Morgan fingerprint density at radius 2 is 2.25 bits per heavy atom. The molecule has 0 saturated carbocycles. The normalized spacial score (nSPS) is 11.4. The van der Waals surface area contributed by atoms with Crippen LogP contribution in [-0.2, 0) is 9.05 Å². The number of aromatic carboxylic acids is 1. The average molecular weight is 211 g/mol. The fraction of sp³-hybridized carbons (Fsp3) is 0. The zero-order chi connectivity index (χ0) is 9.35. The van der Waals surface area contributed by atoms with Gasteiger partial charge in [-0.3, -0.25) is 5.10 Å². The number of nitrogens with one attached hydrogen (secondary N) is 1. The summed E-state index contributed by atoms with van der Waals surface area (Å²) in [6.07, 6.45) is 0. The number of carbonyl (C=O) groups is 1. The van der Waals surface area contributed by atoms with Crippen LogP contribution in [0.5, 0.6) is 0 Å². The molecule has 0 aliphatic heterocycles. The summed E-state index contributed by atoms with van der Waals surface area (Å²) in [6.45, 7) is 0. The number of aromatic amines is 1. The summed E-state index contributed by atoms with van der Waals surface area (Å²) in [5.41, 5.74) is -0.394. The van der Waals surface area contributed by atoms with Crippen LogP contribution in [0.4, 0.5) is 0 Å². The third-order valence-corrected chi connectivity index (χ3v) is 2.27. The molecule has 0 saturated heterocycles. The number of aromatic nitrogens is 2. The van der Waals surface area contributed by atoms with E-state index in [9.17, 15) is 13.2 Å². The molecule has 0 aliphatic carbocycles. The molecule has 12 heavy (non-hydrogen) atoms. The second kappa shape index (κ2) is 2.76. The van der Waals surface area contributed by atoms with Crippen molar-refractivity contribution < 1.29 is 18.3 Å². The van der Waals surface area contributed by atoms with Crippen LogP contribution in [0.15, 0.2) is 11.1 Å². The molecule has 0 radical (unpaired) electrons. The molecule has 0 amide bonds. The van der Waals surface area contributed by atoms with Crippen LogP contribution in [0.1, 0.15) is 10.5 Å². The van der Waals surface area contributed by atoms with Crippen molar-refractivity contribution in [3.05, 3.63) is 11.8 Å². The Balaban J connectivity index is 3.17. The van der Waals surface area contributed by atoms with Crippen molar-refractivity contribution in [3.63, 3.8) is 0 Å². The summed E-state index contributed by atoms with van der Waals surface area (Å²) in [4.78, 5) is 10.2. The van der Waals surface area contributed by atoms with Crippen molar-refractivity contribution in [1.82, 2.24) is 10.2 Å². The third kappa shape index (κ3) is 1.74. The zero-order valence-corrected chi connectivity index (χ0v) is 7.06. The molecule has 2 N–H and O–H groups in total. The standard InChI is InChI=1S/C4H3ClN2O4S/c5-12(10,11)3-1-2(4(8)9)6-7-3/h1H,(H,6,7)(H,8,9). The number of H-pyrrole nitrogens is 1. The van der Waals surface area contributed by atoms with Crippen LogP contribution in [0.2, 0.25) is 0 Å². The Bertz CT molecular complexity index is 408. The predicted octanol–water partition coefficient (Wildman–Crippen LogP) is 0.0354. The van der Waals surface area contributed by atoms with Gasteiger partial charge in [-0.25, -0.2) is 13.2 Å². The van der Waals surface area contributed by atoms with Crippen LogP contribution in [-0.4, -0.2) is 29.7 Å². The molecule has 0 fully saturated rings. The van der Waals surface area contributed by atoms with Gasteiger partial charge in [-0.2, -0.15) is 5.10 Å². The first-order chi connectivity index (χ1) is 5.41. The first kappa shape index (κ1) is 9.01. The molecule has 0 aliphatic rings. The number of hydrogen-bond acceptors (Lipinski definition) is 4. The summed E-state index contributed by atoms with van der Waals surface area (Å²) in [5.74, 6) is -1.32. The van der Waals surface area contributed by atoms with Crippen LogP contribution in [0.3, 0.4) is 0 Å². The number of nitrogens with zero attached hydrogens (tertiary/aromatic N) is 1. The van der Waals surface area contributed by atoms with Crippen LogP contribution in [0, 0.1) is 0 Å². The maximum Gasteiger partial charge on any atom is 0.356 e. The molecular formula is C4H3ClN2O4S. The van der Waals surface area contributed by atoms with Crippen LogP contribution >= 0.6 is 10.7 Å². The van der Waals surface area contributed by atoms with Crippen molar-refractivity contribution in [2.45, 2.75) is 5.03 Å². The fourth-order valence-corrected chi connectivity index (χ4v) is 1.18. The lowest BCUT2D eigenvalue weighted by atomic mass is 10.4. The fourth-order valence-electron chi connectivity index (χ4n) is 0.539. The number of halogens is 1. The topological polar surface area (TPSA) is 100 Å². The van der Waals surface area contributed by atoms with Crippen molar-refractivity contribution in [3.8, 4) is 0 Å². The summed E-state index contributed by atoms with van der Waals surface area (Å²) in [7, 11) is 0.960. The molecule has 6 nitrogen and oxygen atoms in total. The maximum atomic E-state index is 10.6. The van der Waals surface area contributed by atoms with Crippen LogP contribution < -0.4 is 0 Å². The van der Waals surface area contributed by atoms with Crippen molar-refractivity contribution in [2.75, 3.05) is 0 Å². The quantitative estimate of drug-likeness (QED) is 0.671. The Morgan fingerprint density at radius 1 is 1.67 bits per heavy atom. The summed E-state index contributed by atoms with van der Waals surface area (Å²) < 4.78 is 21.1. The van der Waals surface area contributed by atoms with Gasteiger partial charge in [0.2, 0.25) is 0 Å². The SMILES string of the molecule is O=C(O)c1cc(S(=O)(=O)Cl)[nH]n1. The second-order valence-corrected chi connectivity index (χ2v) is 4.39. The number of hydrogen-bond donors (Lipinski definition) is 2. The van der Waals surface area contributed by atoms with E-state index < -0.39 is 25.7 Å².